The van der Waals surface area contributed by atoms with Crippen LogP contribution < -0.4 is 0 Å². The van der Waals surface area contributed by atoms with Gasteiger partial charge in [0.15, 0.2) is 0 Å². The molecule has 0 atom stereocenters. The molecule has 0 bridgehead atoms. The number of carbonyl (C=O) groups is 3. The molecule has 0 aliphatic heterocycles. The van der Waals surface area contributed by atoms with Crippen molar-refractivity contribution in [2.75, 3.05) is 0 Å². The smallest absolute Gasteiger partial charge is 0.337 e. The van der Waals surface area contributed by atoms with E-state index < -0.39 is 23.3 Å². The van der Waals surface area contributed by atoms with Crippen molar-refractivity contribution in [3.63, 3.8) is 0 Å². The molecule has 0 amide bonds. The van der Waals surface area contributed by atoms with Gasteiger partial charge in [0.05, 0.1) is 0 Å². The van der Waals surface area contributed by atoms with Gasteiger partial charge in [-0.3, -0.25) is 0 Å². The molecule has 0 radical (unpaired) electrons. The zero-order valence-corrected chi connectivity index (χ0v) is 7.95. The number of carboxylic acid groups (broad SMARTS) is 3. The van der Waals surface area contributed by atoms with E-state index in [0.717, 1.165) is 12.1 Å². The molecule has 0 aromatic heterocycles. The monoisotopic (exact) mass is 224 g/mol. The SMILES string of the molecule is O=C(O)C(C(=O)O)(C(=O)O)c1ccccc1. The Morgan fingerprint density at radius 1 is 0.812 bits per heavy atom. The Morgan fingerprint density at radius 3 is 1.50 bits per heavy atom. The molecule has 0 saturated carbocycles. The molecule has 3 N–H and O–H groups in total. The standard InChI is InChI=1S/C10H8O6/c11-7(12)10(8(13)14,9(15)16)6-4-2-1-3-5-6/h1-5H,(H,11,12)(H,13,14)(H,15,16). The summed E-state index contributed by atoms with van der Waals surface area (Å²) in [5.41, 5.74) is -3.26. The van der Waals surface area contributed by atoms with Crippen LogP contribution in [0.2, 0.25) is 0 Å². The molecule has 6 heteroatoms. The van der Waals surface area contributed by atoms with E-state index in [1.165, 1.54) is 18.2 Å². The molecular formula is C10H8O6. The first-order chi connectivity index (χ1) is 7.44. The molecule has 0 spiro atoms. The minimum atomic E-state index is -2.96. The molecule has 6 nitrogen and oxygen atoms in total. The zero-order valence-electron chi connectivity index (χ0n) is 7.95. The number of aliphatic carboxylic acids is 3. The summed E-state index contributed by atoms with van der Waals surface area (Å²) in [5.74, 6) is -5.80. The van der Waals surface area contributed by atoms with E-state index in [2.05, 4.69) is 0 Å². The van der Waals surface area contributed by atoms with Crippen LogP contribution in [0.3, 0.4) is 0 Å². The Kier molecular flexibility index (Phi) is 2.94. The van der Waals surface area contributed by atoms with Gasteiger partial charge in [-0.1, -0.05) is 30.3 Å². The number of benzene rings is 1. The van der Waals surface area contributed by atoms with Crippen molar-refractivity contribution in [2.45, 2.75) is 5.41 Å². The normalized spacial score (nSPS) is 10.8. The highest BCUT2D eigenvalue weighted by molar-refractivity contribution is 6.22. The van der Waals surface area contributed by atoms with Crippen molar-refractivity contribution in [2.24, 2.45) is 0 Å². The van der Waals surface area contributed by atoms with E-state index in [1.807, 2.05) is 0 Å². The van der Waals surface area contributed by atoms with Crippen molar-refractivity contribution in [1.29, 1.82) is 0 Å². The fourth-order valence-electron chi connectivity index (χ4n) is 1.33. The van der Waals surface area contributed by atoms with Crippen LogP contribution in [0, 0.1) is 0 Å². The summed E-state index contributed by atoms with van der Waals surface area (Å²) in [7, 11) is 0. The molecule has 1 rings (SSSR count). The van der Waals surface area contributed by atoms with E-state index in [1.54, 1.807) is 0 Å². The van der Waals surface area contributed by atoms with Crippen LogP contribution in [0.1, 0.15) is 5.56 Å². The Bertz CT molecular complexity index is 400. The zero-order chi connectivity index (χ0) is 12.3. The van der Waals surface area contributed by atoms with Gasteiger partial charge in [-0.05, 0) is 5.56 Å². The average molecular weight is 224 g/mol. The van der Waals surface area contributed by atoms with E-state index in [4.69, 9.17) is 15.3 Å². The highest BCUT2D eigenvalue weighted by Crippen LogP contribution is 2.25. The van der Waals surface area contributed by atoms with Gasteiger partial charge in [-0.2, -0.15) is 0 Å². The summed E-state index contributed by atoms with van der Waals surface area (Å²) in [6.07, 6.45) is 0. The fourth-order valence-corrected chi connectivity index (χ4v) is 1.33. The van der Waals surface area contributed by atoms with Crippen LogP contribution >= 0.6 is 0 Å². The van der Waals surface area contributed by atoms with Gasteiger partial charge in [0.25, 0.3) is 5.41 Å². The van der Waals surface area contributed by atoms with Crippen molar-refractivity contribution in [3.05, 3.63) is 35.9 Å². The van der Waals surface area contributed by atoms with Gasteiger partial charge < -0.3 is 15.3 Å². The molecule has 0 aliphatic carbocycles. The van der Waals surface area contributed by atoms with Crippen LogP contribution in [-0.4, -0.2) is 33.2 Å². The average Bonchev–Trinajstić information content (AvgIpc) is 2.18. The van der Waals surface area contributed by atoms with E-state index in [-0.39, 0.29) is 5.56 Å². The van der Waals surface area contributed by atoms with Crippen molar-refractivity contribution in [3.8, 4) is 0 Å². The highest BCUT2D eigenvalue weighted by atomic mass is 16.4. The molecule has 0 heterocycles. The third-order valence-electron chi connectivity index (χ3n) is 2.17. The van der Waals surface area contributed by atoms with Gasteiger partial charge in [-0.25, -0.2) is 14.4 Å². The first-order valence-electron chi connectivity index (χ1n) is 4.19. The quantitative estimate of drug-likeness (QED) is 0.629. The van der Waals surface area contributed by atoms with E-state index >= 15 is 0 Å². The van der Waals surface area contributed by atoms with Crippen LogP contribution in [0.4, 0.5) is 0 Å². The van der Waals surface area contributed by atoms with Crippen molar-refractivity contribution in [1.82, 2.24) is 0 Å². The third-order valence-corrected chi connectivity index (χ3v) is 2.17. The van der Waals surface area contributed by atoms with Gasteiger partial charge in [-0.15, -0.1) is 0 Å². The Morgan fingerprint density at radius 2 is 1.19 bits per heavy atom. The number of hydrogen-bond acceptors (Lipinski definition) is 3. The van der Waals surface area contributed by atoms with Crippen LogP contribution in [-0.2, 0) is 19.8 Å². The molecule has 1 aromatic carbocycles. The predicted molar refractivity (Wildman–Crippen MR) is 51.0 cm³/mol. The maximum atomic E-state index is 10.9. The summed E-state index contributed by atoms with van der Waals surface area (Å²) in [6, 6.07) is 6.57. The molecule has 16 heavy (non-hydrogen) atoms. The van der Waals surface area contributed by atoms with Crippen molar-refractivity contribution >= 4 is 17.9 Å². The number of carboxylic acids is 3. The summed E-state index contributed by atoms with van der Waals surface area (Å²) < 4.78 is 0. The maximum Gasteiger partial charge on any atom is 0.337 e. The Balaban J connectivity index is 3.52. The number of rotatable bonds is 4. The largest absolute Gasteiger partial charge is 0.480 e. The molecule has 0 aliphatic rings. The minimum absolute atomic E-state index is 0.303. The lowest BCUT2D eigenvalue weighted by molar-refractivity contribution is -0.167. The minimum Gasteiger partial charge on any atom is -0.480 e. The lowest BCUT2D eigenvalue weighted by Gasteiger charge is -2.20. The Hall–Kier alpha value is -2.37. The second kappa shape index (κ2) is 4.01. The second-order valence-electron chi connectivity index (χ2n) is 3.03. The van der Waals surface area contributed by atoms with E-state index in [0.29, 0.717) is 0 Å². The van der Waals surface area contributed by atoms with Crippen LogP contribution in [0.15, 0.2) is 30.3 Å². The summed E-state index contributed by atoms with van der Waals surface area (Å²) in [4.78, 5) is 32.8. The van der Waals surface area contributed by atoms with Crippen LogP contribution in [0.25, 0.3) is 0 Å². The third kappa shape index (κ3) is 1.50. The first-order valence-corrected chi connectivity index (χ1v) is 4.19. The topological polar surface area (TPSA) is 112 Å². The second-order valence-corrected chi connectivity index (χ2v) is 3.03. The molecule has 84 valence electrons. The van der Waals surface area contributed by atoms with Crippen LogP contribution in [0.5, 0.6) is 0 Å². The molecule has 0 unspecified atom stereocenters. The van der Waals surface area contributed by atoms with Gasteiger partial charge in [0, 0.05) is 0 Å². The van der Waals surface area contributed by atoms with Gasteiger partial charge >= 0.3 is 17.9 Å². The van der Waals surface area contributed by atoms with Crippen molar-refractivity contribution < 1.29 is 29.7 Å². The predicted octanol–water partition coefficient (Wildman–Crippen LogP) is 0.178. The lowest BCUT2D eigenvalue weighted by Crippen LogP contribution is -2.50. The molecule has 0 fully saturated rings. The summed E-state index contributed by atoms with van der Waals surface area (Å²) in [6.45, 7) is 0. The fraction of sp³-hybridized carbons (Fsp3) is 0.100. The number of hydrogen-bond donors (Lipinski definition) is 3. The maximum absolute atomic E-state index is 10.9. The van der Waals surface area contributed by atoms with E-state index in [9.17, 15) is 14.4 Å². The summed E-state index contributed by atoms with van der Waals surface area (Å²) in [5, 5.41) is 26.6. The molecule has 1 aromatic rings. The molecule has 0 saturated heterocycles. The van der Waals surface area contributed by atoms with Gasteiger partial charge in [0.2, 0.25) is 0 Å². The van der Waals surface area contributed by atoms with Gasteiger partial charge in [0.1, 0.15) is 0 Å². The lowest BCUT2D eigenvalue weighted by atomic mass is 9.80. The first kappa shape index (κ1) is 11.7. The highest BCUT2D eigenvalue weighted by Gasteiger charge is 2.56. The Labute approximate surface area is 89.8 Å². The molecular weight excluding hydrogens is 216 g/mol. The summed E-state index contributed by atoms with van der Waals surface area (Å²) >= 11 is 0.